The fraction of sp³-hybridized carbons (Fsp3) is 0.417. The van der Waals surface area contributed by atoms with Gasteiger partial charge in [0, 0.05) is 31.1 Å². The van der Waals surface area contributed by atoms with Crippen LogP contribution in [-0.4, -0.2) is 23.9 Å². The molecule has 0 saturated carbocycles. The maximum absolute atomic E-state index is 11.6. The van der Waals surface area contributed by atoms with E-state index in [0.717, 1.165) is 5.56 Å². The normalized spacial score (nSPS) is 11.5. The van der Waals surface area contributed by atoms with Gasteiger partial charge in [-0.05, 0) is 24.6 Å². The lowest BCUT2D eigenvalue weighted by Crippen LogP contribution is -2.31. The molecule has 1 amide bonds. The first-order valence-corrected chi connectivity index (χ1v) is 5.61. The van der Waals surface area contributed by atoms with Gasteiger partial charge in [0.1, 0.15) is 0 Å². The first kappa shape index (κ1) is 16.2. The van der Waals surface area contributed by atoms with E-state index in [1.54, 1.807) is 11.9 Å². The fourth-order valence-corrected chi connectivity index (χ4v) is 1.51. The third kappa shape index (κ3) is 5.91. The maximum Gasteiger partial charge on any atom is 0.224 e. The standard InChI is InChI=1S/C12H17ClN2O.ClH/c1-9(14)7-12(16)15(2)8-10-3-5-11(13)6-4-10;/h3-6,9H,7-8,14H2,1-2H3;1H. The van der Waals surface area contributed by atoms with Gasteiger partial charge in [0.05, 0.1) is 0 Å². The molecule has 0 aliphatic carbocycles. The van der Waals surface area contributed by atoms with Gasteiger partial charge in [-0.15, -0.1) is 12.4 Å². The van der Waals surface area contributed by atoms with Crippen LogP contribution >= 0.6 is 24.0 Å². The van der Waals surface area contributed by atoms with Gasteiger partial charge < -0.3 is 10.6 Å². The van der Waals surface area contributed by atoms with Crippen LogP contribution in [0.5, 0.6) is 0 Å². The lowest BCUT2D eigenvalue weighted by Gasteiger charge is -2.18. The van der Waals surface area contributed by atoms with Crippen molar-refractivity contribution < 1.29 is 4.79 Å². The van der Waals surface area contributed by atoms with Crippen molar-refractivity contribution in [1.82, 2.24) is 4.90 Å². The molecule has 0 fully saturated rings. The predicted octanol–water partition coefficient (Wildman–Crippen LogP) is 2.46. The Morgan fingerprint density at radius 2 is 1.94 bits per heavy atom. The van der Waals surface area contributed by atoms with Gasteiger partial charge in [0.2, 0.25) is 5.91 Å². The Morgan fingerprint density at radius 3 is 2.41 bits per heavy atom. The Hall–Kier alpha value is -0.770. The molecule has 5 heteroatoms. The Morgan fingerprint density at radius 1 is 1.41 bits per heavy atom. The number of amides is 1. The summed E-state index contributed by atoms with van der Waals surface area (Å²) in [5, 5.41) is 0.702. The number of rotatable bonds is 4. The SMILES string of the molecule is CC(N)CC(=O)N(C)Cc1ccc(Cl)cc1.Cl. The summed E-state index contributed by atoms with van der Waals surface area (Å²) in [5.41, 5.74) is 6.64. The zero-order chi connectivity index (χ0) is 12.1. The van der Waals surface area contributed by atoms with Crippen LogP contribution in [0.15, 0.2) is 24.3 Å². The van der Waals surface area contributed by atoms with Crippen molar-refractivity contribution in [3.8, 4) is 0 Å². The van der Waals surface area contributed by atoms with Crippen molar-refractivity contribution in [2.75, 3.05) is 7.05 Å². The highest BCUT2D eigenvalue weighted by Crippen LogP contribution is 2.11. The number of benzene rings is 1. The van der Waals surface area contributed by atoms with Gasteiger partial charge >= 0.3 is 0 Å². The molecule has 0 aliphatic rings. The molecule has 0 radical (unpaired) electrons. The van der Waals surface area contributed by atoms with Crippen LogP contribution in [0, 0.1) is 0 Å². The Balaban J connectivity index is 0.00000256. The molecule has 1 aromatic carbocycles. The summed E-state index contributed by atoms with van der Waals surface area (Å²) < 4.78 is 0. The summed E-state index contributed by atoms with van der Waals surface area (Å²) >= 11 is 5.78. The second kappa shape index (κ2) is 7.54. The number of carbonyl (C=O) groups excluding carboxylic acids is 1. The molecule has 0 saturated heterocycles. The molecule has 1 aromatic rings. The summed E-state index contributed by atoms with van der Waals surface area (Å²) in [6, 6.07) is 7.37. The van der Waals surface area contributed by atoms with Crippen LogP contribution in [0.25, 0.3) is 0 Å². The van der Waals surface area contributed by atoms with Gasteiger partial charge in [-0.1, -0.05) is 23.7 Å². The zero-order valence-corrected chi connectivity index (χ0v) is 11.6. The minimum absolute atomic E-state index is 0. The van der Waals surface area contributed by atoms with Gasteiger partial charge in [0.25, 0.3) is 0 Å². The first-order chi connectivity index (χ1) is 7.49. The van der Waals surface area contributed by atoms with E-state index < -0.39 is 0 Å². The number of halogens is 2. The van der Waals surface area contributed by atoms with Crippen molar-refractivity contribution in [3.63, 3.8) is 0 Å². The van der Waals surface area contributed by atoms with Crippen molar-refractivity contribution in [3.05, 3.63) is 34.9 Å². The molecule has 2 N–H and O–H groups in total. The zero-order valence-electron chi connectivity index (χ0n) is 10.0. The van der Waals surface area contributed by atoms with Crippen LogP contribution in [0.3, 0.4) is 0 Å². The van der Waals surface area contributed by atoms with Gasteiger partial charge in [-0.2, -0.15) is 0 Å². The summed E-state index contributed by atoms with van der Waals surface area (Å²) in [4.78, 5) is 13.3. The number of hydrogen-bond donors (Lipinski definition) is 1. The Bertz CT molecular complexity index is 352. The molecule has 0 bridgehead atoms. The van der Waals surface area contributed by atoms with Crippen LogP contribution in [0.1, 0.15) is 18.9 Å². The minimum atomic E-state index is -0.0971. The molecule has 17 heavy (non-hydrogen) atoms. The molecule has 0 aliphatic heterocycles. The highest BCUT2D eigenvalue weighted by molar-refractivity contribution is 6.30. The van der Waals surface area contributed by atoms with Crippen molar-refractivity contribution in [2.45, 2.75) is 25.9 Å². The van der Waals surface area contributed by atoms with E-state index in [1.807, 2.05) is 31.2 Å². The Labute approximate surface area is 113 Å². The minimum Gasteiger partial charge on any atom is -0.341 e. The average molecular weight is 277 g/mol. The van der Waals surface area contributed by atoms with E-state index in [-0.39, 0.29) is 24.4 Å². The number of nitrogens with two attached hydrogens (primary N) is 1. The first-order valence-electron chi connectivity index (χ1n) is 5.23. The topological polar surface area (TPSA) is 46.3 Å². The lowest BCUT2D eigenvalue weighted by molar-refractivity contribution is -0.130. The predicted molar refractivity (Wildman–Crippen MR) is 73.4 cm³/mol. The van der Waals surface area contributed by atoms with E-state index in [1.165, 1.54) is 0 Å². The fourth-order valence-electron chi connectivity index (χ4n) is 1.38. The molecule has 1 rings (SSSR count). The quantitative estimate of drug-likeness (QED) is 0.918. The molecule has 0 aromatic heterocycles. The third-order valence-electron chi connectivity index (χ3n) is 2.26. The van der Waals surface area contributed by atoms with E-state index in [2.05, 4.69) is 0 Å². The number of carbonyl (C=O) groups is 1. The summed E-state index contributed by atoms with van der Waals surface area (Å²) in [6.07, 6.45) is 0.379. The van der Waals surface area contributed by atoms with E-state index in [9.17, 15) is 4.79 Å². The molecular weight excluding hydrogens is 259 g/mol. The van der Waals surface area contributed by atoms with Crippen molar-refractivity contribution >= 4 is 29.9 Å². The summed E-state index contributed by atoms with van der Waals surface area (Å²) in [7, 11) is 1.78. The molecule has 3 nitrogen and oxygen atoms in total. The van der Waals surface area contributed by atoms with Crippen LogP contribution < -0.4 is 5.73 Å². The smallest absolute Gasteiger partial charge is 0.224 e. The van der Waals surface area contributed by atoms with Gasteiger partial charge in [-0.25, -0.2) is 0 Å². The summed E-state index contributed by atoms with van der Waals surface area (Å²) in [6.45, 7) is 2.41. The van der Waals surface area contributed by atoms with Gasteiger partial charge in [0.15, 0.2) is 0 Å². The third-order valence-corrected chi connectivity index (χ3v) is 2.51. The molecule has 1 atom stereocenters. The lowest BCUT2D eigenvalue weighted by atomic mass is 10.2. The molecular formula is C12H18Cl2N2O. The van der Waals surface area contributed by atoms with Crippen molar-refractivity contribution in [1.29, 1.82) is 0 Å². The van der Waals surface area contributed by atoms with Gasteiger partial charge in [-0.3, -0.25) is 4.79 Å². The second-order valence-corrected chi connectivity index (χ2v) is 4.49. The van der Waals surface area contributed by atoms with Crippen LogP contribution in [-0.2, 0) is 11.3 Å². The molecule has 1 unspecified atom stereocenters. The largest absolute Gasteiger partial charge is 0.341 e. The monoisotopic (exact) mass is 276 g/mol. The second-order valence-electron chi connectivity index (χ2n) is 4.06. The highest BCUT2D eigenvalue weighted by Gasteiger charge is 2.10. The number of nitrogens with zero attached hydrogens (tertiary/aromatic N) is 1. The summed E-state index contributed by atoms with van der Waals surface area (Å²) in [5.74, 6) is 0.0601. The van der Waals surface area contributed by atoms with E-state index in [4.69, 9.17) is 17.3 Å². The van der Waals surface area contributed by atoms with E-state index in [0.29, 0.717) is 18.0 Å². The maximum atomic E-state index is 11.6. The van der Waals surface area contributed by atoms with Crippen LogP contribution in [0.2, 0.25) is 5.02 Å². The average Bonchev–Trinajstić information content (AvgIpc) is 2.20. The van der Waals surface area contributed by atoms with Crippen LogP contribution in [0.4, 0.5) is 0 Å². The number of hydrogen-bond acceptors (Lipinski definition) is 2. The van der Waals surface area contributed by atoms with Crippen molar-refractivity contribution in [2.24, 2.45) is 5.73 Å². The molecule has 0 heterocycles. The Kier molecular flexibility index (Phi) is 7.19. The highest BCUT2D eigenvalue weighted by atomic mass is 35.5. The molecule has 96 valence electrons. The van der Waals surface area contributed by atoms with E-state index >= 15 is 0 Å². The molecule has 0 spiro atoms.